The highest BCUT2D eigenvalue weighted by atomic mass is 32.2. The van der Waals surface area contributed by atoms with Gasteiger partial charge < -0.3 is 19.7 Å². The Morgan fingerprint density at radius 2 is 1.70 bits per heavy atom. The minimum atomic E-state index is -4.22. The maximum atomic E-state index is 14.3. The molecule has 0 aliphatic heterocycles. The molecular formula is C32H41N3O6S2. The molecule has 1 N–H and O–H groups in total. The van der Waals surface area contributed by atoms with Crippen molar-refractivity contribution in [3.05, 3.63) is 78.4 Å². The molecule has 3 aromatic carbocycles. The normalized spacial score (nSPS) is 11.8. The molecule has 1 unspecified atom stereocenters. The van der Waals surface area contributed by atoms with E-state index < -0.39 is 28.5 Å². The Balaban J connectivity index is 2.11. The van der Waals surface area contributed by atoms with Gasteiger partial charge in [0, 0.05) is 18.0 Å². The third-order valence-corrected chi connectivity index (χ3v) is 9.30. The molecular weight excluding hydrogens is 587 g/mol. The number of amides is 2. The second-order valence-electron chi connectivity index (χ2n) is 9.68. The van der Waals surface area contributed by atoms with Crippen molar-refractivity contribution in [1.82, 2.24) is 10.2 Å². The fourth-order valence-corrected chi connectivity index (χ4v) is 6.41. The van der Waals surface area contributed by atoms with Gasteiger partial charge in [-0.1, -0.05) is 38.1 Å². The lowest BCUT2D eigenvalue weighted by atomic mass is 10.1. The molecule has 0 aromatic heterocycles. The maximum Gasteiger partial charge on any atom is 0.264 e. The van der Waals surface area contributed by atoms with Crippen molar-refractivity contribution in [1.29, 1.82) is 0 Å². The molecule has 0 radical (unpaired) electrons. The SMILES string of the molecule is CCCNC(=O)C(CC)N(Cc1cccc(OC)c1)C(=O)CN(c1ccccc1OCC)S(=O)(=O)c1ccc(SC)cc1. The number of para-hydroxylation sites is 2. The van der Waals surface area contributed by atoms with Gasteiger partial charge in [0.05, 0.1) is 24.3 Å². The van der Waals surface area contributed by atoms with E-state index in [9.17, 15) is 18.0 Å². The third kappa shape index (κ3) is 8.67. The molecule has 9 nitrogen and oxygen atoms in total. The zero-order valence-corrected chi connectivity index (χ0v) is 27.0. The van der Waals surface area contributed by atoms with Crippen LogP contribution >= 0.6 is 11.8 Å². The summed E-state index contributed by atoms with van der Waals surface area (Å²) in [5, 5.41) is 2.89. The molecule has 11 heteroatoms. The van der Waals surface area contributed by atoms with Crippen LogP contribution in [0.15, 0.2) is 82.6 Å². The largest absolute Gasteiger partial charge is 0.497 e. The number of rotatable bonds is 16. The summed E-state index contributed by atoms with van der Waals surface area (Å²) in [6.45, 7) is 5.89. The molecule has 0 bridgehead atoms. The first-order chi connectivity index (χ1) is 20.7. The van der Waals surface area contributed by atoms with Gasteiger partial charge in [-0.15, -0.1) is 11.8 Å². The Bertz CT molecular complexity index is 1460. The maximum absolute atomic E-state index is 14.3. The minimum Gasteiger partial charge on any atom is -0.497 e. The number of carbonyl (C=O) groups excluding carboxylic acids is 2. The number of methoxy groups -OCH3 is 1. The van der Waals surface area contributed by atoms with Gasteiger partial charge in [0.1, 0.15) is 24.1 Å². The van der Waals surface area contributed by atoms with Crippen LogP contribution in [0.25, 0.3) is 0 Å². The second kappa shape index (κ2) is 16.2. The van der Waals surface area contributed by atoms with E-state index in [1.54, 1.807) is 62.6 Å². The van der Waals surface area contributed by atoms with Gasteiger partial charge in [-0.25, -0.2) is 8.42 Å². The number of thioether (sulfide) groups is 1. The summed E-state index contributed by atoms with van der Waals surface area (Å²) in [6.07, 6.45) is 2.98. The summed E-state index contributed by atoms with van der Waals surface area (Å²) in [5.41, 5.74) is 0.975. The average Bonchev–Trinajstić information content (AvgIpc) is 3.03. The summed E-state index contributed by atoms with van der Waals surface area (Å²) in [4.78, 5) is 30.0. The summed E-state index contributed by atoms with van der Waals surface area (Å²) in [6, 6.07) is 19.7. The number of sulfonamides is 1. The molecule has 0 heterocycles. The van der Waals surface area contributed by atoms with Crippen molar-refractivity contribution in [2.75, 3.05) is 37.4 Å². The molecule has 0 aliphatic carbocycles. The summed E-state index contributed by atoms with van der Waals surface area (Å²) < 4.78 is 40.6. The second-order valence-corrected chi connectivity index (χ2v) is 12.4. The van der Waals surface area contributed by atoms with E-state index >= 15 is 0 Å². The smallest absolute Gasteiger partial charge is 0.264 e. The van der Waals surface area contributed by atoms with Gasteiger partial charge in [0.25, 0.3) is 10.0 Å². The van der Waals surface area contributed by atoms with Gasteiger partial charge >= 0.3 is 0 Å². The summed E-state index contributed by atoms with van der Waals surface area (Å²) in [7, 11) is -2.67. The van der Waals surface area contributed by atoms with Crippen LogP contribution in [0.5, 0.6) is 11.5 Å². The van der Waals surface area contributed by atoms with Gasteiger partial charge in [-0.2, -0.15) is 0 Å². The van der Waals surface area contributed by atoms with Gasteiger partial charge in [0.15, 0.2) is 0 Å². The number of benzene rings is 3. The van der Waals surface area contributed by atoms with Crippen LogP contribution in [0.2, 0.25) is 0 Å². The van der Waals surface area contributed by atoms with Crippen molar-refractivity contribution < 1.29 is 27.5 Å². The van der Waals surface area contributed by atoms with E-state index in [2.05, 4.69) is 5.32 Å². The number of hydrogen-bond donors (Lipinski definition) is 1. The molecule has 0 saturated carbocycles. The average molecular weight is 628 g/mol. The van der Waals surface area contributed by atoms with Crippen LogP contribution in [-0.2, 0) is 26.2 Å². The zero-order valence-electron chi connectivity index (χ0n) is 25.4. The Morgan fingerprint density at radius 3 is 2.33 bits per heavy atom. The van der Waals surface area contributed by atoms with Gasteiger partial charge in [-0.3, -0.25) is 13.9 Å². The lowest BCUT2D eigenvalue weighted by molar-refractivity contribution is -0.140. The Morgan fingerprint density at radius 1 is 0.977 bits per heavy atom. The molecule has 0 saturated heterocycles. The monoisotopic (exact) mass is 627 g/mol. The highest BCUT2D eigenvalue weighted by molar-refractivity contribution is 7.98. The van der Waals surface area contributed by atoms with Crippen molar-refractivity contribution >= 4 is 39.3 Å². The van der Waals surface area contributed by atoms with Crippen LogP contribution in [-0.4, -0.2) is 64.2 Å². The van der Waals surface area contributed by atoms with E-state index in [1.165, 1.54) is 28.8 Å². The fraction of sp³-hybridized carbons (Fsp3) is 0.375. The summed E-state index contributed by atoms with van der Waals surface area (Å²) in [5.74, 6) is 0.111. The lowest BCUT2D eigenvalue weighted by Crippen LogP contribution is -2.52. The highest BCUT2D eigenvalue weighted by Gasteiger charge is 2.34. The van der Waals surface area contributed by atoms with Crippen molar-refractivity contribution in [2.24, 2.45) is 0 Å². The van der Waals surface area contributed by atoms with Crippen molar-refractivity contribution in [3.63, 3.8) is 0 Å². The number of carbonyl (C=O) groups is 2. The van der Waals surface area contributed by atoms with E-state index in [-0.39, 0.29) is 23.0 Å². The topological polar surface area (TPSA) is 105 Å². The molecule has 1 atom stereocenters. The van der Waals surface area contributed by atoms with Gasteiger partial charge in [-0.05, 0) is 80.1 Å². The van der Waals surface area contributed by atoms with Crippen molar-refractivity contribution in [2.45, 2.75) is 56.0 Å². The van der Waals surface area contributed by atoms with Crippen LogP contribution in [0.1, 0.15) is 39.2 Å². The predicted molar refractivity (Wildman–Crippen MR) is 171 cm³/mol. The van der Waals surface area contributed by atoms with Crippen LogP contribution < -0.4 is 19.1 Å². The number of nitrogens with zero attached hydrogens (tertiary/aromatic N) is 2. The van der Waals surface area contributed by atoms with Gasteiger partial charge in [0.2, 0.25) is 11.8 Å². The van der Waals surface area contributed by atoms with E-state index in [1.807, 2.05) is 32.2 Å². The zero-order chi connectivity index (χ0) is 31.4. The van der Waals surface area contributed by atoms with E-state index in [0.29, 0.717) is 31.1 Å². The van der Waals surface area contributed by atoms with Crippen LogP contribution in [0, 0.1) is 0 Å². The molecule has 3 rings (SSSR count). The quantitative estimate of drug-likeness (QED) is 0.214. The fourth-order valence-electron chi connectivity index (χ4n) is 4.58. The number of anilines is 1. The molecule has 3 aromatic rings. The minimum absolute atomic E-state index is 0.0384. The molecule has 0 fully saturated rings. The standard InChI is InChI=1S/C32H41N3O6S2/c1-6-20-33-32(37)28(7-2)34(22-24-12-11-13-25(21-24)40-4)31(36)23-35(29-14-9-10-15-30(29)41-8-3)43(38,39)27-18-16-26(42-5)17-19-27/h9-19,21,28H,6-8,20,22-23H2,1-5H3,(H,33,37). The molecule has 43 heavy (non-hydrogen) atoms. The third-order valence-electron chi connectivity index (χ3n) is 6.78. The lowest BCUT2D eigenvalue weighted by Gasteiger charge is -2.33. The molecule has 232 valence electrons. The first-order valence-corrected chi connectivity index (χ1v) is 16.9. The Labute approximate surface area is 259 Å². The first-order valence-electron chi connectivity index (χ1n) is 14.3. The molecule has 2 amide bonds. The predicted octanol–water partition coefficient (Wildman–Crippen LogP) is 5.34. The Kier molecular flexibility index (Phi) is 12.8. The highest BCUT2D eigenvalue weighted by Crippen LogP contribution is 2.33. The molecule has 0 spiro atoms. The van der Waals surface area contributed by atoms with Crippen molar-refractivity contribution in [3.8, 4) is 11.5 Å². The number of ether oxygens (including phenoxy) is 2. The van der Waals surface area contributed by atoms with E-state index in [4.69, 9.17) is 9.47 Å². The summed E-state index contributed by atoms with van der Waals surface area (Å²) >= 11 is 1.50. The molecule has 0 aliphatic rings. The number of nitrogens with one attached hydrogen (secondary N) is 1. The van der Waals surface area contributed by atoms with Crippen LogP contribution in [0.3, 0.4) is 0 Å². The number of hydrogen-bond acceptors (Lipinski definition) is 7. The van der Waals surface area contributed by atoms with Crippen LogP contribution in [0.4, 0.5) is 5.69 Å². The first kappa shape index (κ1) is 33.8. The van der Waals surface area contributed by atoms with E-state index in [0.717, 1.165) is 21.2 Å². The Hall–Kier alpha value is -3.70.